The summed E-state index contributed by atoms with van der Waals surface area (Å²) >= 11 is 0. The maximum Gasteiger partial charge on any atom is 0.459 e. The number of rotatable bonds is 14. The zero-order chi connectivity index (χ0) is 36.9. The number of carbonyl (C=O) groups excluding carboxylic acids is 3. The molecule has 2 saturated heterocycles. The molecule has 0 spiro atoms. The number of benzene rings is 1. The van der Waals surface area contributed by atoms with Crippen molar-refractivity contribution in [2.45, 2.75) is 77.1 Å². The van der Waals surface area contributed by atoms with E-state index in [1.54, 1.807) is 58.0 Å². The molecule has 274 valence electrons. The quantitative estimate of drug-likeness (QED) is 0.138. The van der Waals surface area contributed by atoms with Gasteiger partial charge in [-0.3, -0.25) is 18.9 Å². The smallest absolute Gasteiger partial charge is 0.459 e. The number of nitrogen functional groups attached to an aromatic ring is 1. The molecule has 3 N–H and O–H groups in total. The highest BCUT2D eigenvalue weighted by Gasteiger charge is 2.62. The van der Waals surface area contributed by atoms with Gasteiger partial charge >= 0.3 is 25.7 Å². The number of hydrogen-bond donors (Lipinski definition) is 2. The van der Waals surface area contributed by atoms with Crippen LogP contribution >= 0.6 is 7.75 Å². The summed E-state index contributed by atoms with van der Waals surface area (Å²) in [4.78, 5) is 43.2. The Labute approximate surface area is 294 Å². The molecule has 4 heterocycles. The molecule has 1 aromatic carbocycles. The second kappa shape index (κ2) is 15.7. The van der Waals surface area contributed by atoms with Crippen LogP contribution in [0.15, 0.2) is 48.8 Å². The molecule has 18 heteroatoms. The van der Waals surface area contributed by atoms with E-state index in [0.29, 0.717) is 18.5 Å². The summed E-state index contributed by atoms with van der Waals surface area (Å²) in [7, 11) is -4.58. The van der Waals surface area contributed by atoms with E-state index < -0.39 is 80.2 Å². The number of para-hydroxylation sites is 1. The third-order valence-corrected chi connectivity index (χ3v) is 9.74. The van der Waals surface area contributed by atoms with Crippen molar-refractivity contribution in [2.75, 3.05) is 25.6 Å². The summed E-state index contributed by atoms with van der Waals surface area (Å²) in [5.74, 6) is -3.21. The summed E-state index contributed by atoms with van der Waals surface area (Å²) < 4.78 is 56.5. The van der Waals surface area contributed by atoms with Gasteiger partial charge in [0, 0.05) is 6.42 Å². The molecular formula is C33H41N6O11P. The van der Waals surface area contributed by atoms with Gasteiger partial charge in [0.2, 0.25) is 5.60 Å². The lowest BCUT2D eigenvalue weighted by Crippen LogP contribution is -2.50. The Balaban J connectivity index is 1.53. The van der Waals surface area contributed by atoms with E-state index >= 15 is 0 Å². The van der Waals surface area contributed by atoms with Gasteiger partial charge in [-0.05, 0) is 31.2 Å². The van der Waals surface area contributed by atoms with Crippen LogP contribution in [0.5, 0.6) is 5.75 Å². The lowest BCUT2D eigenvalue weighted by molar-refractivity contribution is -0.173. The van der Waals surface area contributed by atoms with Crippen molar-refractivity contribution in [1.29, 1.82) is 5.26 Å². The molecule has 0 radical (unpaired) electrons. The largest absolute Gasteiger partial charge is 0.459 e. The van der Waals surface area contributed by atoms with E-state index in [2.05, 4.69) is 15.2 Å². The number of aromatic nitrogens is 3. The van der Waals surface area contributed by atoms with Gasteiger partial charge < -0.3 is 33.9 Å². The Morgan fingerprint density at radius 2 is 1.76 bits per heavy atom. The lowest BCUT2D eigenvalue weighted by atomic mass is 9.95. The highest BCUT2D eigenvalue weighted by Crippen LogP contribution is 2.50. The summed E-state index contributed by atoms with van der Waals surface area (Å²) in [5, 5.41) is 17.7. The number of nitrogens with one attached hydrogen (secondary N) is 1. The van der Waals surface area contributed by atoms with Crippen molar-refractivity contribution in [1.82, 2.24) is 19.7 Å². The maximum atomic E-state index is 14.5. The average molecular weight is 729 g/mol. The van der Waals surface area contributed by atoms with E-state index in [1.807, 2.05) is 6.07 Å². The van der Waals surface area contributed by atoms with Crippen LogP contribution in [0, 0.1) is 23.2 Å². The maximum absolute atomic E-state index is 14.5. The van der Waals surface area contributed by atoms with Gasteiger partial charge in [-0.25, -0.2) is 14.1 Å². The standard InChI is InChI=1S/C33H41N6O11P/c1-19(2)30(40)47-27-26(24-11-12-25-29(35)36-18-37-39(24)25)49-33(16-34,28(27)48-31(41)20(3)4)17-45-51(43,50-22-9-7-6-8-10-22)38-21(5)32(42)46-23-13-14-44-15-23/h6-12,18-21,23,26-28H,13-15,17H2,1-5H3,(H,38,43)(H2,35,36,37)/t21-,23+,26-,27-,28-,33+,51?/m0/s1. The number of anilines is 1. The number of carbonyl (C=O) groups is 3. The highest BCUT2D eigenvalue weighted by molar-refractivity contribution is 7.52. The normalized spacial score (nSPS) is 24.9. The molecule has 7 atom stereocenters. The van der Waals surface area contributed by atoms with E-state index in [0.717, 1.165) is 0 Å². The predicted molar refractivity (Wildman–Crippen MR) is 178 cm³/mol. The number of nitrogens with zero attached hydrogens (tertiary/aromatic N) is 4. The van der Waals surface area contributed by atoms with Gasteiger partial charge in [0.25, 0.3) is 0 Å². The zero-order valence-electron chi connectivity index (χ0n) is 28.8. The molecule has 0 saturated carbocycles. The minimum Gasteiger partial charge on any atom is -0.459 e. The fourth-order valence-corrected chi connectivity index (χ4v) is 6.83. The van der Waals surface area contributed by atoms with Crippen molar-refractivity contribution >= 4 is 37.0 Å². The van der Waals surface area contributed by atoms with Crippen molar-refractivity contribution in [2.24, 2.45) is 11.8 Å². The van der Waals surface area contributed by atoms with Crippen LogP contribution < -0.4 is 15.3 Å². The van der Waals surface area contributed by atoms with E-state index in [-0.39, 0.29) is 23.9 Å². The topological polar surface area (TPSA) is 225 Å². The van der Waals surface area contributed by atoms with Crippen molar-refractivity contribution < 1.29 is 51.7 Å². The molecular weight excluding hydrogens is 687 g/mol. The SMILES string of the molecule is CC(C)C(=O)O[C@H]1[C@H](c2ccc3c(N)ncnn23)O[C@](C#N)(COP(=O)(N[C@@H](C)C(=O)O[C@@H]2CCOC2)Oc2ccccc2)[C@H]1OC(=O)C(C)C. The number of esters is 3. The number of ether oxygens (including phenoxy) is 5. The zero-order valence-corrected chi connectivity index (χ0v) is 29.7. The Kier molecular flexibility index (Phi) is 11.6. The van der Waals surface area contributed by atoms with Crippen LogP contribution in [0.25, 0.3) is 5.52 Å². The molecule has 2 fully saturated rings. The molecule has 2 aliphatic heterocycles. The molecule has 0 amide bonds. The Bertz CT molecular complexity index is 1810. The molecule has 5 rings (SSSR count). The Morgan fingerprint density at radius 1 is 1.06 bits per heavy atom. The van der Waals surface area contributed by atoms with Crippen LogP contribution in [0.4, 0.5) is 5.82 Å². The summed E-state index contributed by atoms with van der Waals surface area (Å²) in [6.07, 6.45) is -3.10. The number of fused-ring (bicyclic) bond motifs is 1. The highest BCUT2D eigenvalue weighted by atomic mass is 31.2. The molecule has 17 nitrogen and oxygen atoms in total. The van der Waals surface area contributed by atoms with E-state index in [1.165, 1.54) is 29.9 Å². The van der Waals surface area contributed by atoms with Gasteiger partial charge in [0.05, 0.1) is 30.7 Å². The molecule has 3 aromatic rings. The molecule has 0 aliphatic carbocycles. The number of hydrogen-bond acceptors (Lipinski definition) is 15. The van der Waals surface area contributed by atoms with Gasteiger partial charge in [-0.15, -0.1) is 0 Å². The predicted octanol–water partition coefficient (Wildman–Crippen LogP) is 3.29. The monoisotopic (exact) mass is 728 g/mol. The third kappa shape index (κ3) is 8.49. The lowest BCUT2D eigenvalue weighted by Gasteiger charge is -2.31. The fourth-order valence-electron chi connectivity index (χ4n) is 5.31. The summed E-state index contributed by atoms with van der Waals surface area (Å²) in [6, 6.07) is 12.0. The first-order valence-corrected chi connectivity index (χ1v) is 17.9. The van der Waals surface area contributed by atoms with E-state index in [4.69, 9.17) is 38.5 Å². The minimum absolute atomic E-state index is 0.109. The fraction of sp³-hybridized carbons (Fsp3) is 0.515. The van der Waals surface area contributed by atoms with Crippen LogP contribution in [0.3, 0.4) is 0 Å². The van der Waals surface area contributed by atoms with Crippen molar-refractivity contribution in [3.05, 3.63) is 54.5 Å². The Morgan fingerprint density at radius 3 is 2.41 bits per heavy atom. The van der Waals surface area contributed by atoms with E-state index in [9.17, 15) is 24.2 Å². The second-order valence-corrected chi connectivity index (χ2v) is 14.5. The van der Waals surface area contributed by atoms with Gasteiger partial charge in [-0.1, -0.05) is 45.9 Å². The molecule has 51 heavy (non-hydrogen) atoms. The number of nitriles is 1. The first kappa shape index (κ1) is 37.7. The van der Waals surface area contributed by atoms with Gasteiger partial charge in [-0.2, -0.15) is 15.4 Å². The first-order valence-electron chi connectivity index (χ1n) is 16.4. The van der Waals surface area contributed by atoms with Crippen LogP contribution in [0.2, 0.25) is 0 Å². The second-order valence-electron chi connectivity index (χ2n) is 12.8. The molecule has 2 aliphatic rings. The first-order chi connectivity index (χ1) is 24.3. The average Bonchev–Trinajstić information content (AvgIpc) is 3.84. The summed E-state index contributed by atoms with van der Waals surface area (Å²) in [5.41, 5.74) is 4.47. The van der Waals surface area contributed by atoms with Crippen LogP contribution in [-0.4, -0.2) is 82.3 Å². The third-order valence-electron chi connectivity index (χ3n) is 8.12. The van der Waals surface area contributed by atoms with Crippen LogP contribution in [0.1, 0.15) is 52.8 Å². The molecule has 0 bridgehead atoms. The van der Waals surface area contributed by atoms with Crippen LogP contribution in [-0.2, 0) is 47.2 Å². The van der Waals surface area contributed by atoms with Gasteiger partial charge in [0.15, 0.2) is 18.0 Å². The summed E-state index contributed by atoms with van der Waals surface area (Å²) in [6.45, 7) is 7.60. The van der Waals surface area contributed by atoms with Crippen molar-refractivity contribution in [3.63, 3.8) is 0 Å². The number of nitrogens with two attached hydrogens (primary N) is 1. The molecule has 2 aromatic heterocycles. The minimum atomic E-state index is -4.58. The Hall–Kier alpha value is -4.59. The van der Waals surface area contributed by atoms with Gasteiger partial charge in [0.1, 0.15) is 48.5 Å². The molecule has 1 unspecified atom stereocenters. The van der Waals surface area contributed by atoms with Crippen molar-refractivity contribution in [3.8, 4) is 11.8 Å².